The third kappa shape index (κ3) is 5.50. The maximum Gasteiger partial charge on any atom is 0.306 e. The van der Waals surface area contributed by atoms with E-state index in [9.17, 15) is 4.79 Å². The molecule has 0 amide bonds. The summed E-state index contributed by atoms with van der Waals surface area (Å²) in [5.41, 5.74) is 5.61. The Morgan fingerprint density at radius 2 is 1.40 bits per heavy atom. The van der Waals surface area contributed by atoms with E-state index in [-0.39, 0.29) is 12.1 Å². The van der Waals surface area contributed by atoms with Gasteiger partial charge in [0.15, 0.2) is 0 Å². The van der Waals surface area contributed by atoms with Gasteiger partial charge in [-0.1, -0.05) is 80.4 Å². The third-order valence-electron chi connectivity index (χ3n) is 5.31. The van der Waals surface area contributed by atoms with Crippen LogP contribution in [0.4, 0.5) is 0 Å². The number of rotatable bonds is 9. The van der Waals surface area contributed by atoms with Crippen molar-refractivity contribution in [2.24, 2.45) is 0 Å². The monoisotopic (exact) mass is 402 g/mol. The third-order valence-corrected chi connectivity index (χ3v) is 5.31. The second-order valence-corrected chi connectivity index (χ2v) is 7.49. The number of esters is 1. The highest BCUT2D eigenvalue weighted by molar-refractivity contribution is 5.83. The zero-order valence-electron chi connectivity index (χ0n) is 18.1. The maximum absolute atomic E-state index is 12.0. The number of methoxy groups -OCH3 is 1. The molecule has 0 N–H and O–H groups in total. The fourth-order valence-corrected chi connectivity index (χ4v) is 3.53. The second kappa shape index (κ2) is 10.6. The Morgan fingerprint density at radius 3 is 1.93 bits per heavy atom. The molecule has 3 nitrogen and oxygen atoms in total. The van der Waals surface area contributed by atoms with Crippen LogP contribution in [0.3, 0.4) is 0 Å². The van der Waals surface area contributed by atoms with E-state index in [1.54, 1.807) is 7.11 Å². The zero-order valence-corrected chi connectivity index (χ0v) is 18.1. The Morgan fingerprint density at radius 1 is 0.833 bits per heavy atom. The molecular formula is C27H30O3. The summed E-state index contributed by atoms with van der Waals surface area (Å²) in [5, 5.41) is 0. The van der Waals surface area contributed by atoms with Crippen LogP contribution in [0.2, 0.25) is 0 Å². The summed E-state index contributed by atoms with van der Waals surface area (Å²) < 4.78 is 10.9. The highest BCUT2D eigenvalue weighted by Crippen LogP contribution is 2.33. The number of hydrogen-bond acceptors (Lipinski definition) is 3. The van der Waals surface area contributed by atoms with Gasteiger partial charge in [0.2, 0.25) is 0 Å². The predicted octanol–water partition coefficient (Wildman–Crippen LogP) is 7.21. The SMILES string of the molecule is CCCCCC(=O)OC(C)c1ccc(-c2ccccc2-c2ccc(OC)cc2)cc1. The molecule has 3 rings (SSSR count). The van der Waals surface area contributed by atoms with E-state index < -0.39 is 0 Å². The largest absolute Gasteiger partial charge is 0.497 e. The topological polar surface area (TPSA) is 35.5 Å². The first-order chi connectivity index (χ1) is 14.6. The summed E-state index contributed by atoms with van der Waals surface area (Å²) in [6, 6.07) is 24.8. The van der Waals surface area contributed by atoms with Crippen molar-refractivity contribution in [1.29, 1.82) is 0 Å². The summed E-state index contributed by atoms with van der Waals surface area (Å²) in [6.45, 7) is 4.06. The Bertz CT molecular complexity index is 943. The van der Waals surface area contributed by atoms with Crippen LogP contribution in [0.1, 0.15) is 51.2 Å². The number of benzene rings is 3. The number of unbranched alkanes of at least 4 members (excludes halogenated alkanes) is 2. The normalized spacial score (nSPS) is 11.7. The van der Waals surface area contributed by atoms with Gasteiger partial charge in [-0.15, -0.1) is 0 Å². The van der Waals surface area contributed by atoms with Crippen LogP contribution >= 0.6 is 0 Å². The van der Waals surface area contributed by atoms with Crippen molar-refractivity contribution in [2.45, 2.75) is 45.6 Å². The fourth-order valence-electron chi connectivity index (χ4n) is 3.53. The molecule has 3 heteroatoms. The van der Waals surface area contributed by atoms with Crippen molar-refractivity contribution in [2.75, 3.05) is 7.11 Å². The first-order valence-corrected chi connectivity index (χ1v) is 10.7. The van der Waals surface area contributed by atoms with Gasteiger partial charge >= 0.3 is 5.97 Å². The minimum absolute atomic E-state index is 0.120. The number of carbonyl (C=O) groups is 1. The van der Waals surface area contributed by atoms with Crippen molar-refractivity contribution >= 4 is 5.97 Å². The Kier molecular flexibility index (Phi) is 7.67. The van der Waals surface area contributed by atoms with Gasteiger partial charge in [0.1, 0.15) is 11.9 Å². The standard InChI is InChI=1S/C27H30O3/c1-4-5-6-11-27(28)30-20(2)21-12-14-22(15-13-21)25-9-7-8-10-26(25)23-16-18-24(29-3)19-17-23/h7-10,12-20H,4-6,11H2,1-3H3. The molecule has 0 aliphatic carbocycles. The van der Waals surface area contributed by atoms with Gasteiger partial charge in [-0.2, -0.15) is 0 Å². The lowest BCUT2D eigenvalue weighted by molar-refractivity contribution is -0.148. The lowest BCUT2D eigenvalue weighted by atomic mass is 9.94. The molecule has 0 aromatic heterocycles. The van der Waals surface area contributed by atoms with Crippen LogP contribution in [-0.4, -0.2) is 13.1 Å². The first-order valence-electron chi connectivity index (χ1n) is 10.7. The van der Waals surface area contributed by atoms with E-state index in [0.29, 0.717) is 6.42 Å². The molecule has 30 heavy (non-hydrogen) atoms. The minimum atomic E-state index is -0.245. The van der Waals surface area contributed by atoms with Crippen LogP contribution in [0.25, 0.3) is 22.3 Å². The van der Waals surface area contributed by atoms with Gasteiger partial charge in [0.05, 0.1) is 7.11 Å². The number of hydrogen-bond donors (Lipinski definition) is 0. The van der Waals surface area contributed by atoms with Crippen molar-refractivity contribution < 1.29 is 14.3 Å². The van der Waals surface area contributed by atoms with Gasteiger partial charge < -0.3 is 9.47 Å². The smallest absolute Gasteiger partial charge is 0.306 e. The van der Waals surface area contributed by atoms with Crippen LogP contribution in [0, 0.1) is 0 Å². The molecule has 0 aliphatic heterocycles. The molecule has 0 aliphatic rings. The molecule has 0 saturated heterocycles. The fraction of sp³-hybridized carbons (Fsp3) is 0.296. The van der Waals surface area contributed by atoms with Crippen molar-refractivity contribution in [3.05, 3.63) is 78.4 Å². The van der Waals surface area contributed by atoms with Gasteiger partial charge in [-0.05, 0) is 53.3 Å². The van der Waals surface area contributed by atoms with E-state index in [0.717, 1.165) is 41.7 Å². The molecule has 3 aromatic rings. The average Bonchev–Trinajstić information content (AvgIpc) is 2.79. The molecule has 0 radical (unpaired) electrons. The molecular weight excluding hydrogens is 372 g/mol. The first kappa shape index (κ1) is 21.6. The number of carbonyl (C=O) groups excluding carboxylic acids is 1. The lowest BCUT2D eigenvalue weighted by Gasteiger charge is -2.15. The van der Waals surface area contributed by atoms with E-state index in [4.69, 9.17) is 9.47 Å². The van der Waals surface area contributed by atoms with E-state index in [2.05, 4.69) is 55.5 Å². The molecule has 156 valence electrons. The highest BCUT2D eigenvalue weighted by atomic mass is 16.5. The summed E-state index contributed by atoms with van der Waals surface area (Å²) in [7, 11) is 1.67. The van der Waals surface area contributed by atoms with Gasteiger partial charge in [-0.25, -0.2) is 0 Å². The van der Waals surface area contributed by atoms with Gasteiger partial charge in [-0.3, -0.25) is 4.79 Å². The lowest BCUT2D eigenvalue weighted by Crippen LogP contribution is -2.08. The molecule has 0 bridgehead atoms. The summed E-state index contributed by atoms with van der Waals surface area (Å²) in [6.07, 6.45) is 3.30. The summed E-state index contributed by atoms with van der Waals surface area (Å²) >= 11 is 0. The van der Waals surface area contributed by atoms with E-state index in [1.807, 2.05) is 31.2 Å². The van der Waals surface area contributed by atoms with Crippen molar-refractivity contribution in [3.63, 3.8) is 0 Å². The Balaban J connectivity index is 1.75. The molecule has 3 aromatic carbocycles. The Hall–Kier alpha value is -3.07. The van der Waals surface area contributed by atoms with Crippen LogP contribution in [0.5, 0.6) is 5.75 Å². The molecule has 1 unspecified atom stereocenters. The van der Waals surface area contributed by atoms with Crippen molar-refractivity contribution in [1.82, 2.24) is 0 Å². The second-order valence-electron chi connectivity index (χ2n) is 7.49. The van der Waals surface area contributed by atoms with Gasteiger partial charge in [0.25, 0.3) is 0 Å². The molecule has 0 fully saturated rings. The van der Waals surface area contributed by atoms with Crippen molar-refractivity contribution in [3.8, 4) is 28.0 Å². The number of ether oxygens (including phenoxy) is 2. The minimum Gasteiger partial charge on any atom is -0.497 e. The summed E-state index contributed by atoms with van der Waals surface area (Å²) in [5.74, 6) is 0.726. The predicted molar refractivity (Wildman–Crippen MR) is 123 cm³/mol. The molecule has 0 saturated carbocycles. The van der Waals surface area contributed by atoms with E-state index >= 15 is 0 Å². The summed E-state index contributed by atoms with van der Waals surface area (Å²) in [4.78, 5) is 12.0. The average molecular weight is 403 g/mol. The molecule has 1 atom stereocenters. The zero-order chi connectivity index (χ0) is 21.3. The quantitative estimate of drug-likeness (QED) is 0.280. The highest BCUT2D eigenvalue weighted by Gasteiger charge is 2.13. The maximum atomic E-state index is 12.0. The Labute approximate surface area is 179 Å². The van der Waals surface area contributed by atoms with Gasteiger partial charge in [0, 0.05) is 6.42 Å². The molecule has 0 spiro atoms. The van der Waals surface area contributed by atoms with E-state index in [1.165, 1.54) is 11.1 Å². The van der Waals surface area contributed by atoms with Crippen LogP contribution in [0.15, 0.2) is 72.8 Å². The molecule has 0 heterocycles. The van der Waals surface area contributed by atoms with Crippen LogP contribution < -0.4 is 4.74 Å². The van der Waals surface area contributed by atoms with Crippen LogP contribution in [-0.2, 0) is 9.53 Å².